The Kier molecular flexibility index (Phi) is 18.2. The smallest absolute Gasteiger partial charge is 0.285 e. The van der Waals surface area contributed by atoms with Crippen molar-refractivity contribution in [1.82, 2.24) is 0 Å². The Morgan fingerprint density at radius 3 is 1.59 bits per heavy atom. The van der Waals surface area contributed by atoms with E-state index in [9.17, 15) is 4.57 Å². The maximum Gasteiger partial charge on any atom is 0.502 e. The average Bonchev–Trinajstić information content (AvgIpc) is 2.68. The van der Waals surface area contributed by atoms with Gasteiger partial charge in [-0.15, -0.1) is 4.67 Å². The third-order valence-electron chi connectivity index (χ3n) is 5.00. The lowest BCUT2D eigenvalue weighted by atomic mass is 10.0. The van der Waals surface area contributed by atoms with E-state index in [0.29, 0.717) is 31.7 Å². The molecule has 0 aromatic rings. The van der Waals surface area contributed by atoms with Gasteiger partial charge < -0.3 is 0 Å². The zero-order valence-electron chi connectivity index (χ0n) is 18.5. The molecule has 27 heavy (non-hydrogen) atoms. The molecule has 0 spiro atoms. The standard InChI is InChI=1S/C21H45O5P/c1-6-11-14-17-23-26-27(22,24-18-20(9-4)15-12-7-2)25-19-21(10-5)16-13-8-3/h20-21H,6-19H2,1-5H3. The van der Waals surface area contributed by atoms with E-state index in [-0.39, 0.29) is 0 Å². The van der Waals surface area contributed by atoms with Gasteiger partial charge in [-0.25, -0.2) is 9.45 Å². The Morgan fingerprint density at radius 2 is 1.19 bits per heavy atom. The first-order valence-electron chi connectivity index (χ1n) is 11.2. The van der Waals surface area contributed by atoms with E-state index in [1.54, 1.807) is 0 Å². The van der Waals surface area contributed by atoms with Crippen LogP contribution in [0.3, 0.4) is 0 Å². The normalized spacial score (nSPS) is 16.2. The van der Waals surface area contributed by atoms with Crippen LogP contribution in [0.15, 0.2) is 0 Å². The molecule has 5 nitrogen and oxygen atoms in total. The second-order valence-electron chi connectivity index (χ2n) is 7.48. The van der Waals surface area contributed by atoms with E-state index in [2.05, 4.69) is 34.6 Å². The summed E-state index contributed by atoms with van der Waals surface area (Å²) in [6.45, 7) is 11.9. The number of phosphoric acid groups is 1. The fraction of sp³-hybridized carbons (Fsp3) is 1.00. The van der Waals surface area contributed by atoms with Gasteiger partial charge in [-0.3, -0.25) is 9.05 Å². The summed E-state index contributed by atoms with van der Waals surface area (Å²) in [5.74, 6) is 0.736. The molecule has 2 atom stereocenters. The maximum atomic E-state index is 13.0. The van der Waals surface area contributed by atoms with Crippen LogP contribution in [-0.4, -0.2) is 19.8 Å². The number of phosphoric ester groups is 1. The molecule has 0 aliphatic carbocycles. The SMILES string of the molecule is CCCCCOOP(=O)(OCC(CC)CCCC)OCC(CC)CCCC. The first-order chi connectivity index (χ1) is 13.0. The molecule has 6 heteroatoms. The van der Waals surface area contributed by atoms with Crippen molar-refractivity contribution < 1.29 is 23.2 Å². The summed E-state index contributed by atoms with van der Waals surface area (Å²) in [7, 11) is -3.69. The molecule has 0 aliphatic rings. The van der Waals surface area contributed by atoms with Gasteiger partial charge in [0.1, 0.15) is 0 Å². The fourth-order valence-corrected chi connectivity index (χ4v) is 3.93. The highest BCUT2D eigenvalue weighted by Crippen LogP contribution is 2.51. The van der Waals surface area contributed by atoms with E-state index < -0.39 is 7.82 Å². The van der Waals surface area contributed by atoms with E-state index in [0.717, 1.165) is 70.6 Å². The van der Waals surface area contributed by atoms with Crippen molar-refractivity contribution in [3.8, 4) is 0 Å². The van der Waals surface area contributed by atoms with Crippen LogP contribution in [0.2, 0.25) is 0 Å². The Labute approximate surface area is 168 Å². The van der Waals surface area contributed by atoms with E-state index in [1.165, 1.54) is 0 Å². The Morgan fingerprint density at radius 1 is 0.704 bits per heavy atom. The predicted octanol–water partition coefficient (Wildman–Crippen LogP) is 7.70. The number of rotatable bonds is 20. The Hall–Kier alpha value is 0.0700. The van der Waals surface area contributed by atoms with Crippen molar-refractivity contribution >= 4 is 7.82 Å². The highest BCUT2D eigenvalue weighted by molar-refractivity contribution is 7.48. The summed E-state index contributed by atoms with van der Waals surface area (Å²) in [5, 5.41) is 0. The molecule has 0 saturated heterocycles. The summed E-state index contributed by atoms with van der Waals surface area (Å²) in [4.78, 5) is 5.18. The van der Waals surface area contributed by atoms with Crippen molar-refractivity contribution in [3.05, 3.63) is 0 Å². The molecule has 164 valence electrons. The van der Waals surface area contributed by atoms with Crippen LogP contribution in [-0.2, 0) is 23.2 Å². The molecule has 0 amide bonds. The average molecular weight is 409 g/mol. The largest absolute Gasteiger partial charge is 0.502 e. The third kappa shape index (κ3) is 14.7. The minimum Gasteiger partial charge on any atom is -0.285 e. The second kappa shape index (κ2) is 18.1. The van der Waals surface area contributed by atoms with Crippen LogP contribution in [0.25, 0.3) is 0 Å². The molecule has 0 radical (unpaired) electrons. The van der Waals surface area contributed by atoms with Crippen LogP contribution in [0.5, 0.6) is 0 Å². The lowest BCUT2D eigenvalue weighted by Gasteiger charge is -2.22. The molecule has 0 fully saturated rings. The van der Waals surface area contributed by atoms with Crippen LogP contribution in [0.1, 0.15) is 105 Å². The molecular weight excluding hydrogens is 363 g/mol. The molecule has 0 aliphatic heterocycles. The molecule has 0 heterocycles. The van der Waals surface area contributed by atoms with Gasteiger partial charge in [0.05, 0.1) is 19.8 Å². The highest BCUT2D eigenvalue weighted by Gasteiger charge is 2.30. The van der Waals surface area contributed by atoms with Gasteiger partial charge in [0.15, 0.2) is 0 Å². The maximum absolute atomic E-state index is 13.0. The predicted molar refractivity (Wildman–Crippen MR) is 113 cm³/mol. The summed E-state index contributed by atoms with van der Waals surface area (Å²) >= 11 is 0. The zero-order valence-corrected chi connectivity index (χ0v) is 19.4. The molecule has 0 aromatic heterocycles. The monoisotopic (exact) mass is 408 g/mol. The van der Waals surface area contributed by atoms with Gasteiger partial charge in [-0.05, 0) is 31.1 Å². The van der Waals surface area contributed by atoms with E-state index in [1.807, 2.05) is 0 Å². The van der Waals surface area contributed by atoms with Crippen molar-refractivity contribution in [2.45, 2.75) is 105 Å². The number of hydrogen-bond acceptors (Lipinski definition) is 5. The molecular formula is C21H45O5P. The highest BCUT2D eigenvalue weighted by atomic mass is 31.2. The zero-order chi connectivity index (χ0) is 20.4. The van der Waals surface area contributed by atoms with Gasteiger partial charge >= 0.3 is 7.82 Å². The van der Waals surface area contributed by atoms with Crippen molar-refractivity contribution in [1.29, 1.82) is 0 Å². The van der Waals surface area contributed by atoms with E-state index >= 15 is 0 Å². The summed E-state index contributed by atoms with van der Waals surface area (Å²) in [6, 6.07) is 0. The van der Waals surface area contributed by atoms with Gasteiger partial charge in [-0.1, -0.05) is 86.0 Å². The summed E-state index contributed by atoms with van der Waals surface area (Å²) in [6.07, 6.45) is 11.7. The lowest BCUT2D eigenvalue weighted by molar-refractivity contribution is -0.228. The summed E-state index contributed by atoms with van der Waals surface area (Å²) < 4.78 is 29.6. The number of unbranched alkanes of at least 4 members (excludes halogenated alkanes) is 4. The van der Waals surface area contributed by atoms with Gasteiger partial charge in [0.2, 0.25) is 0 Å². The van der Waals surface area contributed by atoms with Crippen LogP contribution in [0.4, 0.5) is 0 Å². The molecule has 0 aromatic carbocycles. The molecule has 0 N–H and O–H groups in total. The molecule has 2 unspecified atom stereocenters. The molecule has 0 saturated carbocycles. The number of hydrogen-bond donors (Lipinski definition) is 0. The quantitative estimate of drug-likeness (QED) is 0.0894. The van der Waals surface area contributed by atoms with Crippen molar-refractivity contribution in [2.75, 3.05) is 19.8 Å². The molecule has 0 bridgehead atoms. The fourth-order valence-electron chi connectivity index (χ4n) is 2.78. The first kappa shape index (κ1) is 27.1. The van der Waals surface area contributed by atoms with E-state index in [4.69, 9.17) is 18.6 Å². The van der Waals surface area contributed by atoms with Crippen molar-refractivity contribution in [2.24, 2.45) is 11.8 Å². The van der Waals surface area contributed by atoms with Gasteiger partial charge in [-0.2, -0.15) is 0 Å². The topological polar surface area (TPSA) is 54.0 Å². The van der Waals surface area contributed by atoms with Crippen LogP contribution >= 0.6 is 7.82 Å². The van der Waals surface area contributed by atoms with Gasteiger partial charge in [0, 0.05) is 0 Å². The minimum absolute atomic E-state index is 0.368. The van der Waals surface area contributed by atoms with Crippen molar-refractivity contribution in [3.63, 3.8) is 0 Å². The lowest BCUT2D eigenvalue weighted by Crippen LogP contribution is -2.14. The molecule has 0 rings (SSSR count). The summed E-state index contributed by atoms with van der Waals surface area (Å²) in [5.41, 5.74) is 0. The Balaban J connectivity index is 4.63. The van der Waals surface area contributed by atoms with Crippen LogP contribution in [0, 0.1) is 11.8 Å². The minimum atomic E-state index is -3.69. The van der Waals surface area contributed by atoms with Gasteiger partial charge in [0.25, 0.3) is 0 Å². The van der Waals surface area contributed by atoms with Crippen LogP contribution < -0.4 is 0 Å². The third-order valence-corrected chi connectivity index (χ3v) is 6.22. The second-order valence-corrected chi connectivity index (χ2v) is 9.04. The first-order valence-corrected chi connectivity index (χ1v) is 12.7. The Bertz CT molecular complexity index is 340.